The first kappa shape index (κ1) is 14.5. The largest absolute Gasteiger partial charge is 0.373 e. The van der Waals surface area contributed by atoms with Crippen molar-refractivity contribution in [2.75, 3.05) is 10.2 Å². The minimum absolute atomic E-state index is 0.0544. The van der Waals surface area contributed by atoms with E-state index in [9.17, 15) is 14.0 Å². The number of anilines is 2. The van der Waals surface area contributed by atoms with Crippen LogP contribution in [0.25, 0.3) is 0 Å². The molecular formula is C16H12ClFN2O2. The number of amides is 2. The topological polar surface area (TPSA) is 49.4 Å². The van der Waals surface area contributed by atoms with Gasteiger partial charge in [0.2, 0.25) is 5.91 Å². The summed E-state index contributed by atoms with van der Waals surface area (Å²) in [6, 6.07) is 11.5. The van der Waals surface area contributed by atoms with Crippen molar-refractivity contribution in [3.05, 3.63) is 59.4 Å². The lowest BCUT2D eigenvalue weighted by Crippen LogP contribution is -2.34. The Morgan fingerprint density at radius 3 is 2.32 bits per heavy atom. The molecule has 1 saturated heterocycles. The Morgan fingerprint density at radius 1 is 1.05 bits per heavy atom. The molecule has 1 fully saturated rings. The molecule has 1 N–H and O–H groups in total. The van der Waals surface area contributed by atoms with Crippen molar-refractivity contribution >= 4 is 34.8 Å². The van der Waals surface area contributed by atoms with Crippen LogP contribution in [-0.4, -0.2) is 17.9 Å². The van der Waals surface area contributed by atoms with E-state index in [2.05, 4.69) is 5.32 Å². The number of halogens is 2. The highest BCUT2D eigenvalue weighted by atomic mass is 35.5. The number of imide groups is 1. The van der Waals surface area contributed by atoms with Gasteiger partial charge in [0.25, 0.3) is 5.91 Å². The molecule has 1 atom stereocenters. The number of nitrogens with zero attached hydrogens (tertiary/aromatic N) is 1. The molecule has 0 aromatic heterocycles. The highest BCUT2D eigenvalue weighted by molar-refractivity contribution is 6.30. The number of carbonyl (C=O) groups excluding carboxylic acids is 2. The second-order valence-electron chi connectivity index (χ2n) is 4.95. The maximum absolute atomic E-state index is 12.9. The zero-order chi connectivity index (χ0) is 15.7. The van der Waals surface area contributed by atoms with Gasteiger partial charge >= 0.3 is 0 Å². The van der Waals surface area contributed by atoms with Crippen LogP contribution in [0.4, 0.5) is 15.8 Å². The number of carbonyl (C=O) groups is 2. The van der Waals surface area contributed by atoms with E-state index < -0.39 is 6.04 Å². The molecule has 0 aliphatic carbocycles. The van der Waals surface area contributed by atoms with Crippen LogP contribution < -0.4 is 10.2 Å². The Balaban J connectivity index is 1.79. The van der Waals surface area contributed by atoms with Crippen LogP contribution in [0.15, 0.2) is 48.5 Å². The fraction of sp³-hybridized carbons (Fsp3) is 0.125. The molecule has 1 unspecified atom stereocenters. The van der Waals surface area contributed by atoms with E-state index in [-0.39, 0.29) is 24.1 Å². The van der Waals surface area contributed by atoms with E-state index in [1.165, 1.54) is 24.3 Å². The van der Waals surface area contributed by atoms with Gasteiger partial charge in [-0.1, -0.05) is 11.6 Å². The predicted octanol–water partition coefficient (Wildman–Crippen LogP) is 3.22. The molecule has 0 spiro atoms. The molecule has 2 aromatic rings. The highest BCUT2D eigenvalue weighted by Crippen LogP contribution is 2.26. The second-order valence-corrected chi connectivity index (χ2v) is 5.39. The molecule has 0 saturated carbocycles. The van der Waals surface area contributed by atoms with Gasteiger partial charge in [0, 0.05) is 10.7 Å². The molecule has 1 heterocycles. The molecule has 6 heteroatoms. The molecule has 3 rings (SSSR count). The highest BCUT2D eigenvalue weighted by Gasteiger charge is 2.39. The monoisotopic (exact) mass is 318 g/mol. The Kier molecular flexibility index (Phi) is 3.81. The summed E-state index contributed by atoms with van der Waals surface area (Å²) in [6.45, 7) is 0. The maximum atomic E-state index is 12.9. The van der Waals surface area contributed by atoms with Crippen molar-refractivity contribution in [1.29, 1.82) is 0 Å². The smallest absolute Gasteiger partial charge is 0.256 e. The lowest BCUT2D eigenvalue weighted by molar-refractivity contribution is -0.121. The van der Waals surface area contributed by atoms with E-state index in [1.807, 2.05) is 0 Å². The molecule has 1 aliphatic rings. The summed E-state index contributed by atoms with van der Waals surface area (Å²) in [5.41, 5.74) is 1.08. The normalized spacial score (nSPS) is 17.9. The summed E-state index contributed by atoms with van der Waals surface area (Å²) in [5, 5.41) is 3.49. The molecule has 2 aromatic carbocycles. The standard InChI is InChI=1S/C16H12ClFN2O2/c17-10-1-7-13(8-2-10)20-15(21)9-14(16(20)22)19-12-5-3-11(18)4-6-12/h1-8,14,19H,9H2. The van der Waals surface area contributed by atoms with Gasteiger partial charge in [-0.25, -0.2) is 9.29 Å². The van der Waals surface area contributed by atoms with Gasteiger partial charge in [-0.2, -0.15) is 0 Å². The number of nitrogens with one attached hydrogen (secondary N) is 1. The quantitative estimate of drug-likeness (QED) is 0.884. The Morgan fingerprint density at radius 2 is 1.68 bits per heavy atom. The first-order chi connectivity index (χ1) is 10.5. The van der Waals surface area contributed by atoms with Crippen LogP contribution in [0.5, 0.6) is 0 Å². The zero-order valence-electron chi connectivity index (χ0n) is 11.4. The van der Waals surface area contributed by atoms with Gasteiger partial charge in [-0.3, -0.25) is 9.59 Å². The van der Waals surface area contributed by atoms with Crippen molar-refractivity contribution in [3.63, 3.8) is 0 Å². The lowest BCUT2D eigenvalue weighted by atomic mass is 10.2. The molecule has 2 amide bonds. The van der Waals surface area contributed by atoms with Crippen LogP contribution in [0.3, 0.4) is 0 Å². The third-order valence-corrected chi connectivity index (χ3v) is 3.67. The van der Waals surface area contributed by atoms with Gasteiger partial charge in [0.05, 0.1) is 12.1 Å². The second kappa shape index (κ2) is 5.77. The fourth-order valence-electron chi connectivity index (χ4n) is 2.35. The summed E-state index contributed by atoms with van der Waals surface area (Å²) in [5.74, 6) is -0.981. The zero-order valence-corrected chi connectivity index (χ0v) is 12.2. The number of hydrogen-bond donors (Lipinski definition) is 1. The van der Waals surface area contributed by atoms with Gasteiger partial charge in [-0.05, 0) is 48.5 Å². The number of benzene rings is 2. The lowest BCUT2D eigenvalue weighted by Gasteiger charge is -2.16. The Bertz CT molecular complexity index is 716. The van der Waals surface area contributed by atoms with Gasteiger partial charge in [0.1, 0.15) is 11.9 Å². The van der Waals surface area contributed by atoms with Crippen LogP contribution in [-0.2, 0) is 9.59 Å². The molecule has 22 heavy (non-hydrogen) atoms. The average Bonchev–Trinajstić information content (AvgIpc) is 2.77. The van der Waals surface area contributed by atoms with E-state index >= 15 is 0 Å². The molecule has 1 aliphatic heterocycles. The van der Waals surface area contributed by atoms with Crippen molar-refractivity contribution < 1.29 is 14.0 Å². The van der Waals surface area contributed by atoms with Gasteiger partial charge in [-0.15, -0.1) is 0 Å². The van der Waals surface area contributed by atoms with Crippen molar-refractivity contribution in [2.24, 2.45) is 0 Å². The Labute approximate surface area is 131 Å². The molecule has 0 bridgehead atoms. The minimum atomic E-state index is -0.659. The summed E-state index contributed by atoms with van der Waals surface area (Å²) in [4.78, 5) is 25.6. The van der Waals surface area contributed by atoms with Crippen molar-refractivity contribution in [3.8, 4) is 0 Å². The van der Waals surface area contributed by atoms with E-state index in [0.29, 0.717) is 16.4 Å². The average molecular weight is 319 g/mol. The van der Waals surface area contributed by atoms with Crippen LogP contribution in [0.1, 0.15) is 6.42 Å². The summed E-state index contributed by atoms with van der Waals surface area (Å²) >= 11 is 5.81. The molecule has 4 nitrogen and oxygen atoms in total. The first-order valence-corrected chi connectivity index (χ1v) is 7.07. The van der Waals surface area contributed by atoms with Crippen LogP contribution in [0, 0.1) is 5.82 Å². The van der Waals surface area contributed by atoms with Crippen LogP contribution in [0.2, 0.25) is 5.02 Å². The van der Waals surface area contributed by atoms with E-state index in [4.69, 9.17) is 11.6 Å². The van der Waals surface area contributed by atoms with Gasteiger partial charge in [0.15, 0.2) is 0 Å². The third kappa shape index (κ3) is 2.80. The third-order valence-electron chi connectivity index (χ3n) is 3.42. The predicted molar refractivity (Wildman–Crippen MR) is 82.4 cm³/mol. The minimum Gasteiger partial charge on any atom is -0.373 e. The fourth-order valence-corrected chi connectivity index (χ4v) is 2.48. The maximum Gasteiger partial charge on any atom is 0.256 e. The van der Waals surface area contributed by atoms with Gasteiger partial charge < -0.3 is 5.32 Å². The number of rotatable bonds is 3. The first-order valence-electron chi connectivity index (χ1n) is 6.69. The molecule has 112 valence electrons. The SMILES string of the molecule is O=C1CC(Nc2ccc(F)cc2)C(=O)N1c1ccc(Cl)cc1. The summed E-state index contributed by atoms with van der Waals surface area (Å²) < 4.78 is 12.9. The molecular weight excluding hydrogens is 307 g/mol. The molecule has 0 radical (unpaired) electrons. The van der Waals surface area contributed by atoms with Crippen molar-refractivity contribution in [2.45, 2.75) is 12.5 Å². The summed E-state index contributed by atoms with van der Waals surface area (Å²) in [6.07, 6.45) is 0.0544. The Hall–Kier alpha value is -2.40. The number of hydrogen-bond acceptors (Lipinski definition) is 3. The van der Waals surface area contributed by atoms with Crippen LogP contribution >= 0.6 is 11.6 Å². The van der Waals surface area contributed by atoms with Crippen molar-refractivity contribution in [1.82, 2.24) is 0 Å². The van der Waals surface area contributed by atoms with E-state index in [1.54, 1.807) is 24.3 Å². The summed E-state index contributed by atoms with van der Waals surface area (Å²) in [7, 11) is 0. The van der Waals surface area contributed by atoms with E-state index in [0.717, 1.165) is 4.90 Å².